The van der Waals surface area contributed by atoms with Crippen LogP contribution < -0.4 is 16.4 Å². The van der Waals surface area contributed by atoms with Crippen molar-refractivity contribution in [2.75, 3.05) is 23.1 Å². The number of nitrogen functional groups attached to an aromatic ring is 1. The van der Waals surface area contributed by atoms with Crippen molar-refractivity contribution in [3.8, 4) is 0 Å². The van der Waals surface area contributed by atoms with E-state index in [1.807, 2.05) is 12.1 Å². The number of fused-ring (bicyclic) bond motifs is 1. The monoisotopic (exact) mass is 209 g/mol. The fraction of sp³-hybridized carbons (Fsp3) is 0.222. The average Bonchev–Trinajstić information content (AvgIpc) is 2.17. The van der Waals surface area contributed by atoms with Crippen LogP contribution in [0.15, 0.2) is 23.1 Å². The summed E-state index contributed by atoms with van der Waals surface area (Å²) in [6.07, 6.45) is 0. The zero-order valence-corrected chi connectivity index (χ0v) is 8.38. The number of hydrogen-bond acceptors (Lipinski definition) is 4. The predicted molar refractivity (Wildman–Crippen MR) is 58.1 cm³/mol. The van der Waals surface area contributed by atoms with Crippen molar-refractivity contribution < 1.29 is 4.79 Å². The Labute approximate surface area is 86.2 Å². The third-order valence-corrected chi connectivity index (χ3v) is 3.16. The Morgan fingerprint density at radius 2 is 2.29 bits per heavy atom. The molecular formula is C9H11N3OS. The molecule has 0 unspecified atom stereocenters. The highest BCUT2D eigenvalue weighted by Gasteiger charge is 2.23. The molecule has 2 rings (SSSR count). The molecule has 1 aromatic rings. The van der Waals surface area contributed by atoms with Gasteiger partial charge in [0.15, 0.2) is 0 Å². The van der Waals surface area contributed by atoms with Crippen LogP contribution in [0.1, 0.15) is 0 Å². The van der Waals surface area contributed by atoms with E-state index in [2.05, 4.69) is 0 Å². The predicted octanol–water partition coefficient (Wildman–Crippen LogP) is 0.624. The summed E-state index contributed by atoms with van der Waals surface area (Å²) in [6, 6.07) is 5.53. The first kappa shape index (κ1) is 9.36. The lowest BCUT2D eigenvalue weighted by Gasteiger charge is -2.27. The summed E-state index contributed by atoms with van der Waals surface area (Å²) in [5, 5.41) is 0. The number of carbonyl (C=O) groups excluding carboxylic acids is 1. The molecule has 0 aliphatic carbocycles. The zero-order chi connectivity index (χ0) is 10.1. The number of carbonyl (C=O) groups is 1. The maximum Gasteiger partial charge on any atom is 0.238 e. The number of anilines is 2. The lowest BCUT2D eigenvalue weighted by Crippen LogP contribution is -2.39. The molecule has 0 saturated carbocycles. The van der Waals surface area contributed by atoms with Gasteiger partial charge >= 0.3 is 0 Å². The molecule has 4 nitrogen and oxygen atoms in total. The summed E-state index contributed by atoms with van der Waals surface area (Å²) in [5.74, 6) is 0.490. The summed E-state index contributed by atoms with van der Waals surface area (Å²) in [4.78, 5) is 14.1. The molecule has 0 atom stereocenters. The van der Waals surface area contributed by atoms with Gasteiger partial charge in [0, 0.05) is 10.6 Å². The molecule has 14 heavy (non-hydrogen) atoms. The second kappa shape index (κ2) is 3.51. The van der Waals surface area contributed by atoms with E-state index in [1.165, 1.54) is 11.8 Å². The van der Waals surface area contributed by atoms with Crippen LogP contribution in [0.3, 0.4) is 0 Å². The SMILES string of the molecule is NCN1C(=O)CSc2ccc(N)cc21. The van der Waals surface area contributed by atoms with E-state index in [0.717, 1.165) is 10.6 Å². The minimum absolute atomic E-state index is 0.0376. The quantitative estimate of drug-likeness (QED) is 0.665. The summed E-state index contributed by atoms with van der Waals surface area (Å²) >= 11 is 1.52. The van der Waals surface area contributed by atoms with Crippen molar-refractivity contribution in [2.45, 2.75) is 4.90 Å². The number of nitrogens with two attached hydrogens (primary N) is 2. The second-order valence-corrected chi connectivity index (χ2v) is 4.04. The molecule has 74 valence electrons. The van der Waals surface area contributed by atoms with Crippen LogP contribution in [0.5, 0.6) is 0 Å². The van der Waals surface area contributed by atoms with Gasteiger partial charge in [-0.25, -0.2) is 0 Å². The molecule has 0 bridgehead atoms. The number of thioether (sulfide) groups is 1. The van der Waals surface area contributed by atoms with E-state index in [0.29, 0.717) is 11.4 Å². The number of amides is 1. The molecule has 1 aliphatic heterocycles. The van der Waals surface area contributed by atoms with Crippen molar-refractivity contribution in [2.24, 2.45) is 5.73 Å². The van der Waals surface area contributed by atoms with Gasteiger partial charge in [0.25, 0.3) is 0 Å². The highest BCUT2D eigenvalue weighted by atomic mass is 32.2. The lowest BCUT2D eigenvalue weighted by molar-refractivity contribution is -0.116. The molecule has 0 fully saturated rings. The molecule has 0 spiro atoms. The van der Waals surface area contributed by atoms with Crippen LogP contribution in [0.4, 0.5) is 11.4 Å². The van der Waals surface area contributed by atoms with E-state index in [1.54, 1.807) is 11.0 Å². The maximum atomic E-state index is 11.5. The largest absolute Gasteiger partial charge is 0.399 e. The van der Waals surface area contributed by atoms with Crippen molar-refractivity contribution in [1.82, 2.24) is 0 Å². The van der Waals surface area contributed by atoms with Crippen LogP contribution in [0, 0.1) is 0 Å². The Balaban J connectivity index is 2.49. The minimum Gasteiger partial charge on any atom is -0.399 e. The van der Waals surface area contributed by atoms with Crippen LogP contribution in [0.2, 0.25) is 0 Å². The van der Waals surface area contributed by atoms with Crippen molar-refractivity contribution in [3.63, 3.8) is 0 Å². The Morgan fingerprint density at radius 3 is 3.00 bits per heavy atom. The number of rotatable bonds is 1. The fourth-order valence-corrected chi connectivity index (χ4v) is 2.34. The van der Waals surface area contributed by atoms with E-state index < -0.39 is 0 Å². The average molecular weight is 209 g/mol. The zero-order valence-electron chi connectivity index (χ0n) is 7.56. The molecule has 0 aromatic heterocycles. The molecule has 1 heterocycles. The van der Waals surface area contributed by atoms with Gasteiger partial charge in [0.1, 0.15) is 0 Å². The van der Waals surface area contributed by atoms with E-state index in [4.69, 9.17) is 11.5 Å². The van der Waals surface area contributed by atoms with Crippen LogP contribution >= 0.6 is 11.8 Å². The van der Waals surface area contributed by atoms with Crippen molar-refractivity contribution in [1.29, 1.82) is 0 Å². The number of benzene rings is 1. The molecular weight excluding hydrogens is 198 g/mol. The molecule has 1 aromatic carbocycles. The Bertz CT molecular complexity index is 380. The smallest absolute Gasteiger partial charge is 0.238 e. The van der Waals surface area contributed by atoms with E-state index in [-0.39, 0.29) is 12.6 Å². The van der Waals surface area contributed by atoms with Crippen molar-refractivity contribution >= 4 is 29.0 Å². The topological polar surface area (TPSA) is 72.3 Å². The molecule has 0 saturated heterocycles. The molecule has 5 heteroatoms. The van der Waals surface area contributed by atoms with Crippen molar-refractivity contribution in [3.05, 3.63) is 18.2 Å². The van der Waals surface area contributed by atoms with Gasteiger partial charge in [-0.3, -0.25) is 9.69 Å². The first-order chi connectivity index (χ1) is 6.72. The van der Waals surface area contributed by atoms with Gasteiger partial charge in [-0.15, -0.1) is 11.8 Å². The van der Waals surface area contributed by atoms with Gasteiger partial charge in [-0.05, 0) is 18.2 Å². The molecule has 0 radical (unpaired) electrons. The van der Waals surface area contributed by atoms with Gasteiger partial charge in [-0.2, -0.15) is 0 Å². The number of nitrogens with zero attached hydrogens (tertiary/aromatic N) is 1. The van der Waals surface area contributed by atoms with Gasteiger partial charge < -0.3 is 11.5 Å². The second-order valence-electron chi connectivity index (χ2n) is 3.02. The number of hydrogen-bond donors (Lipinski definition) is 2. The maximum absolute atomic E-state index is 11.5. The van der Waals surface area contributed by atoms with Crippen LogP contribution in [0.25, 0.3) is 0 Å². The fourth-order valence-electron chi connectivity index (χ4n) is 1.42. The summed E-state index contributed by atoms with van der Waals surface area (Å²) in [7, 11) is 0. The van der Waals surface area contributed by atoms with Gasteiger partial charge in [0.2, 0.25) is 5.91 Å². The van der Waals surface area contributed by atoms with Crippen LogP contribution in [-0.4, -0.2) is 18.3 Å². The van der Waals surface area contributed by atoms with E-state index >= 15 is 0 Å². The highest BCUT2D eigenvalue weighted by Crippen LogP contribution is 2.35. The first-order valence-electron chi connectivity index (χ1n) is 4.25. The molecule has 1 amide bonds. The third-order valence-electron chi connectivity index (χ3n) is 2.11. The summed E-state index contributed by atoms with van der Waals surface area (Å²) in [5.41, 5.74) is 12.6. The van der Waals surface area contributed by atoms with E-state index in [9.17, 15) is 4.79 Å². The molecule has 1 aliphatic rings. The van der Waals surface area contributed by atoms with Gasteiger partial charge in [0.05, 0.1) is 18.1 Å². The first-order valence-corrected chi connectivity index (χ1v) is 5.23. The normalized spacial score (nSPS) is 15.5. The molecule has 4 N–H and O–H groups in total. The Kier molecular flexibility index (Phi) is 2.35. The highest BCUT2D eigenvalue weighted by molar-refractivity contribution is 8.00. The third kappa shape index (κ3) is 1.44. The lowest BCUT2D eigenvalue weighted by atomic mass is 10.2. The minimum atomic E-state index is 0.0376. The standard InChI is InChI=1S/C9H11N3OS/c10-5-12-7-3-6(11)1-2-8(7)14-4-9(12)13/h1-3H,4-5,10-11H2. The Hall–Kier alpha value is -1.20. The van der Waals surface area contributed by atoms with Gasteiger partial charge in [-0.1, -0.05) is 0 Å². The summed E-state index contributed by atoms with van der Waals surface area (Å²) < 4.78 is 0. The summed E-state index contributed by atoms with van der Waals surface area (Å²) in [6.45, 7) is 0.204. The Morgan fingerprint density at radius 1 is 1.50 bits per heavy atom. The van der Waals surface area contributed by atoms with Crippen LogP contribution in [-0.2, 0) is 4.79 Å².